The van der Waals surface area contributed by atoms with Crippen LogP contribution in [0.3, 0.4) is 0 Å². The molecule has 0 radical (unpaired) electrons. The largest absolute Gasteiger partial charge is 0.403 e. The number of amides is 3. The zero-order valence-corrected chi connectivity index (χ0v) is 16.4. The van der Waals surface area contributed by atoms with Crippen molar-refractivity contribution in [3.05, 3.63) is 77.1 Å². The summed E-state index contributed by atoms with van der Waals surface area (Å²) < 4.78 is 29.6. The van der Waals surface area contributed by atoms with Crippen LogP contribution >= 0.6 is 0 Å². The van der Waals surface area contributed by atoms with Gasteiger partial charge in [-0.25, -0.2) is 18.5 Å². The second kappa shape index (κ2) is 7.87. The van der Waals surface area contributed by atoms with Gasteiger partial charge in [-0.15, -0.1) is 0 Å². The number of halogens is 2. The van der Waals surface area contributed by atoms with E-state index in [1.165, 1.54) is 7.05 Å². The van der Waals surface area contributed by atoms with Gasteiger partial charge in [-0.2, -0.15) is 0 Å². The average Bonchev–Trinajstić information content (AvgIpc) is 2.72. The fourth-order valence-corrected chi connectivity index (χ4v) is 3.17. The van der Waals surface area contributed by atoms with Crippen LogP contribution in [-0.4, -0.2) is 29.4 Å². The molecule has 154 valence electrons. The first-order valence-electron chi connectivity index (χ1n) is 9.03. The van der Waals surface area contributed by atoms with Gasteiger partial charge in [0.25, 0.3) is 0 Å². The second-order valence-electron chi connectivity index (χ2n) is 7.05. The molecule has 1 saturated heterocycles. The van der Waals surface area contributed by atoms with E-state index in [1.807, 2.05) is 6.07 Å². The van der Waals surface area contributed by atoms with Crippen LogP contribution in [0.4, 0.5) is 19.3 Å². The maximum atomic E-state index is 14.8. The fraction of sp³-hybridized carbons (Fsp3) is 0.182. The molecule has 0 spiro atoms. The van der Waals surface area contributed by atoms with Crippen LogP contribution in [-0.2, 0) is 4.79 Å². The molecule has 0 unspecified atom stereocenters. The highest BCUT2D eigenvalue weighted by molar-refractivity contribution is 6.16. The molecule has 2 aromatic rings. The highest BCUT2D eigenvalue weighted by atomic mass is 19.1. The van der Waals surface area contributed by atoms with Gasteiger partial charge in [0.15, 0.2) is 11.6 Å². The average molecular weight is 410 g/mol. The Morgan fingerprint density at radius 1 is 1.10 bits per heavy atom. The lowest BCUT2D eigenvalue weighted by Crippen LogP contribution is -2.63. The van der Waals surface area contributed by atoms with Crippen molar-refractivity contribution < 1.29 is 18.4 Å². The zero-order chi connectivity index (χ0) is 22.1. The molecule has 0 aliphatic carbocycles. The summed E-state index contributed by atoms with van der Waals surface area (Å²) >= 11 is 0. The van der Waals surface area contributed by atoms with E-state index in [2.05, 4.69) is 11.8 Å². The van der Waals surface area contributed by atoms with Crippen molar-refractivity contribution in [1.29, 1.82) is 0 Å². The number of anilines is 1. The van der Waals surface area contributed by atoms with Gasteiger partial charge in [0.1, 0.15) is 5.69 Å². The smallest absolute Gasteiger partial charge is 0.332 e. The maximum Gasteiger partial charge on any atom is 0.332 e. The summed E-state index contributed by atoms with van der Waals surface area (Å²) in [5, 5.41) is 0. The van der Waals surface area contributed by atoms with Gasteiger partial charge in [0.2, 0.25) is 5.91 Å². The van der Waals surface area contributed by atoms with E-state index in [1.54, 1.807) is 31.2 Å². The van der Waals surface area contributed by atoms with Crippen molar-refractivity contribution in [2.24, 2.45) is 11.5 Å². The predicted octanol–water partition coefficient (Wildman–Crippen LogP) is 2.67. The van der Waals surface area contributed by atoms with Crippen molar-refractivity contribution in [3.63, 3.8) is 0 Å². The SMILES string of the molecule is CN1C(=O)N(c2c(F)cc(C#Cc3ccccc3)cc2F)C(=O)C[C@@]1(C)/C(N)=C/N. The highest BCUT2D eigenvalue weighted by Gasteiger charge is 2.48. The van der Waals surface area contributed by atoms with E-state index < -0.39 is 34.8 Å². The Labute approximate surface area is 172 Å². The topological polar surface area (TPSA) is 92.7 Å². The summed E-state index contributed by atoms with van der Waals surface area (Å²) in [5.74, 6) is 2.52. The summed E-state index contributed by atoms with van der Waals surface area (Å²) in [6.45, 7) is 1.55. The van der Waals surface area contributed by atoms with E-state index >= 15 is 0 Å². The lowest BCUT2D eigenvalue weighted by Gasteiger charge is -2.45. The Bertz CT molecular complexity index is 1080. The Hall–Kier alpha value is -3.86. The van der Waals surface area contributed by atoms with Crippen molar-refractivity contribution >= 4 is 17.6 Å². The van der Waals surface area contributed by atoms with Crippen LogP contribution in [0.1, 0.15) is 24.5 Å². The van der Waals surface area contributed by atoms with E-state index in [0.717, 1.165) is 23.2 Å². The van der Waals surface area contributed by atoms with Crippen molar-refractivity contribution in [3.8, 4) is 11.8 Å². The summed E-state index contributed by atoms with van der Waals surface area (Å²) in [4.78, 5) is 27.1. The first-order valence-corrected chi connectivity index (χ1v) is 9.03. The highest BCUT2D eigenvalue weighted by Crippen LogP contribution is 2.35. The standard InChI is InChI=1S/C22H20F2N4O2/c1-22(18(26)13-25)12-19(29)28(21(30)27(22)2)20-16(23)10-15(11-17(20)24)9-8-14-6-4-3-5-7-14/h3-7,10-11,13H,12,25-26H2,1-2H3/b18-13-/t22-/m0/s1. The quantitative estimate of drug-likeness (QED) is 0.745. The van der Waals surface area contributed by atoms with Crippen LogP contribution in [0.15, 0.2) is 54.4 Å². The van der Waals surface area contributed by atoms with Gasteiger partial charge < -0.3 is 16.4 Å². The number of rotatable bonds is 2. The molecule has 3 amide bonds. The number of carbonyl (C=O) groups is 2. The minimum Gasteiger partial charge on any atom is -0.403 e. The second-order valence-corrected chi connectivity index (χ2v) is 7.05. The molecule has 4 N–H and O–H groups in total. The third-order valence-electron chi connectivity index (χ3n) is 5.13. The lowest BCUT2D eigenvalue weighted by atomic mass is 9.89. The molecular weight excluding hydrogens is 390 g/mol. The molecule has 2 aromatic carbocycles. The van der Waals surface area contributed by atoms with Crippen LogP contribution in [0.5, 0.6) is 0 Å². The predicted molar refractivity (Wildman–Crippen MR) is 109 cm³/mol. The van der Waals surface area contributed by atoms with E-state index in [-0.39, 0.29) is 17.7 Å². The number of urea groups is 1. The number of hydrogen-bond acceptors (Lipinski definition) is 4. The number of benzene rings is 2. The minimum atomic E-state index is -1.20. The molecular formula is C22H20F2N4O2. The molecule has 1 heterocycles. The fourth-order valence-electron chi connectivity index (χ4n) is 3.17. The number of hydrogen-bond donors (Lipinski definition) is 2. The summed E-state index contributed by atoms with van der Waals surface area (Å²) in [7, 11) is 1.38. The molecule has 1 fully saturated rings. The number of imide groups is 1. The molecule has 1 aliphatic rings. The van der Waals surface area contributed by atoms with E-state index in [9.17, 15) is 18.4 Å². The molecule has 8 heteroatoms. The Morgan fingerprint density at radius 2 is 1.67 bits per heavy atom. The number of likely N-dealkylation sites (N-methyl/N-ethyl adjacent to an activating group) is 1. The monoisotopic (exact) mass is 410 g/mol. The minimum absolute atomic E-state index is 0.0722. The first kappa shape index (κ1) is 20.9. The summed E-state index contributed by atoms with van der Waals surface area (Å²) in [6.07, 6.45) is 0.803. The third kappa shape index (κ3) is 3.57. The molecule has 30 heavy (non-hydrogen) atoms. The normalized spacial score (nSPS) is 19.5. The molecule has 0 aromatic heterocycles. The summed E-state index contributed by atoms with van der Waals surface area (Å²) in [6, 6.07) is 9.97. The van der Waals surface area contributed by atoms with Gasteiger partial charge in [0, 0.05) is 24.4 Å². The van der Waals surface area contributed by atoms with Gasteiger partial charge in [0.05, 0.1) is 17.7 Å². The molecule has 6 nitrogen and oxygen atoms in total. The van der Waals surface area contributed by atoms with Gasteiger partial charge >= 0.3 is 6.03 Å². The van der Waals surface area contributed by atoms with Crippen LogP contribution in [0.2, 0.25) is 0 Å². The first-order chi connectivity index (χ1) is 14.2. The van der Waals surface area contributed by atoms with Crippen LogP contribution in [0, 0.1) is 23.5 Å². The van der Waals surface area contributed by atoms with Crippen LogP contribution in [0.25, 0.3) is 0 Å². The van der Waals surface area contributed by atoms with Gasteiger partial charge in [-0.3, -0.25) is 4.79 Å². The van der Waals surface area contributed by atoms with E-state index in [4.69, 9.17) is 11.5 Å². The molecule has 1 atom stereocenters. The number of nitrogens with zero attached hydrogens (tertiary/aromatic N) is 2. The molecule has 3 rings (SSSR count). The van der Waals surface area contributed by atoms with Crippen LogP contribution < -0.4 is 16.4 Å². The van der Waals surface area contributed by atoms with E-state index in [0.29, 0.717) is 10.5 Å². The number of nitrogens with two attached hydrogens (primary N) is 2. The van der Waals surface area contributed by atoms with Crippen molar-refractivity contribution in [2.45, 2.75) is 18.9 Å². The Morgan fingerprint density at radius 3 is 2.23 bits per heavy atom. The lowest BCUT2D eigenvalue weighted by molar-refractivity contribution is -0.121. The molecule has 1 aliphatic heterocycles. The van der Waals surface area contributed by atoms with Gasteiger partial charge in [-0.1, -0.05) is 30.0 Å². The molecule has 0 saturated carbocycles. The van der Waals surface area contributed by atoms with Gasteiger partial charge in [-0.05, 0) is 31.2 Å². The molecule has 0 bridgehead atoms. The Balaban J connectivity index is 1.98. The zero-order valence-electron chi connectivity index (χ0n) is 16.4. The Kier molecular flexibility index (Phi) is 5.47. The summed E-state index contributed by atoms with van der Waals surface area (Å²) in [5.41, 5.74) is 10.2. The third-order valence-corrected chi connectivity index (χ3v) is 5.13. The van der Waals surface area contributed by atoms with Crippen molar-refractivity contribution in [2.75, 3.05) is 11.9 Å². The maximum absolute atomic E-state index is 14.8. The number of carbonyl (C=O) groups excluding carboxylic acids is 2. The van der Waals surface area contributed by atoms with Crippen molar-refractivity contribution in [1.82, 2.24) is 4.90 Å².